The summed E-state index contributed by atoms with van der Waals surface area (Å²) in [6.07, 6.45) is 5.79. The second kappa shape index (κ2) is 6.07. The summed E-state index contributed by atoms with van der Waals surface area (Å²) in [4.78, 5) is 27.3. The molecular formula is C18H22N2O3. The normalized spacial score (nSPS) is 17.1. The van der Waals surface area contributed by atoms with Gasteiger partial charge in [0.1, 0.15) is 5.54 Å². The first-order chi connectivity index (χ1) is 11.0. The topological polar surface area (TPSA) is 82.2 Å². The minimum Gasteiger partial charge on any atom is -0.480 e. The van der Waals surface area contributed by atoms with E-state index in [9.17, 15) is 14.7 Å². The number of rotatable bonds is 4. The summed E-state index contributed by atoms with van der Waals surface area (Å²) in [6, 6.07) is 5.96. The third kappa shape index (κ3) is 2.96. The van der Waals surface area contributed by atoms with Gasteiger partial charge < -0.3 is 15.4 Å². The Morgan fingerprint density at radius 1 is 1.26 bits per heavy atom. The van der Waals surface area contributed by atoms with Crippen LogP contribution in [0.2, 0.25) is 0 Å². The van der Waals surface area contributed by atoms with Gasteiger partial charge in [-0.15, -0.1) is 0 Å². The Balaban J connectivity index is 1.78. The molecule has 0 atom stereocenters. The fourth-order valence-corrected chi connectivity index (χ4v) is 3.54. The zero-order chi connectivity index (χ0) is 16.4. The molecule has 1 saturated carbocycles. The predicted molar refractivity (Wildman–Crippen MR) is 88.3 cm³/mol. The predicted octanol–water partition coefficient (Wildman–Crippen LogP) is 2.92. The molecule has 3 N–H and O–H groups in total. The van der Waals surface area contributed by atoms with Crippen LogP contribution in [-0.4, -0.2) is 27.5 Å². The molecule has 1 amide bonds. The van der Waals surface area contributed by atoms with Gasteiger partial charge in [-0.3, -0.25) is 4.79 Å². The van der Waals surface area contributed by atoms with Gasteiger partial charge in [0.15, 0.2) is 0 Å². The highest BCUT2D eigenvalue weighted by atomic mass is 16.4. The molecule has 0 saturated heterocycles. The molecule has 0 bridgehead atoms. The number of aryl methyl sites for hydroxylation is 1. The van der Waals surface area contributed by atoms with Crippen LogP contribution < -0.4 is 5.32 Å². The number of carboxylic acid groups (broad SMARTS) is 1. The lowest BCUT2D eigenvalue weighted by Crippen LogP contribution is -2.55. The van der Waals surface area contributed by atoms with Crippen LogP contribution in [0.1, 0.15) is 43.2 Å². The van der Waals surface area contributed by atoms with E-state index in [1.165, 1.54) is 0 Å². The van der Waals surface area contributed by atoms with E-state index in [0.717, 1.165) is 41.3 Å². The monoisotopic (exact) mass is 314 g/mol. The SMILES string of the molecule is Cc1cccc2c(CC(=O)NC3(C(=O)O)CCCCC3)c[nH]c12. The third-order valence-corrected chi connectivity index (χ3v) is 4.86. The lowest BCUT2D eigenvalue weighted by Gasteiger charge is -2.34. The van der Waals surface area contributed by atoms with Crippen LogP contribution >= 0.6 is 0 Å². The molecular weight excluding hydrogens is 292 g/mol. The molecule has 1 aromatic carbocycles. The third-order valence-electron chi connectivity index (χ3n) is 4.86. The minimum absolute atomic E-state index is 0.193. The highest BCUT2D eigenvalue weighted by Gasteiger charge is 2.40. The molecule has 1 heterocycles. The number of carbonyl (C=O) groups excluding carboxylic acids is 1. The fourth-order valence-electron chi connectivity index (χ4n) is 3.54. The van der Waals surface area contributed by atoms with E-state index in [0.29, 0.717) is 12.8 Å². The summed E-state index contributed by atoms with van der Waals surface area (Å²) >= 11 is 0. The van der Waals surface area contributed by atoms with E-state index in [2.05, 4.69) is 10.3 Å². The molecule has 23 heavy (non-hydrogen) atoms. The second-order valence-electron chi connectivity index (χ2n) is 6.48. The molecule has 1 aliphatic rings. The van der Waals surface area contributed by atoms with E-state index in [4.69, 9.17) is 0 Å². The summed E-state index contributed by atoms with van der Waals surface area (Å²) in [5.41, 5.74) is 1.97. The average molecular weight is 314 g/mol. The van der Waals surface area contributed by atoms with Crippen molar-refractivity contribution >= 4 is 22.8 Å². The highest BCUT2D eigenvalue weighted by Crippen LogP contribution is 2.29. The van der Waals surface area contributed by atoms with Gasteiger partial charge in [0, 0.05) is 17.1 Å². The van der Waals surface area contributed by atoms with Crippen LogP contribution in [0.4, 0.5) is 0 Å². The number of aromatic nitrogens is 1. The number of H-pyrrole nitrogens is 1. The van der Waals surface area contributed by atoms with E-state index in [-0.39, 0.29) is 12.3 Å². The Labute approximate surface area is 135 Å². The number of carboxylic acids is 1. The molecule has 0 radical (unpaired) electrons. The van der Waals surface area contributed by atoms with Crippen molar-refractivity contribution < 1.29 is 14.7 Å². The number of carbonyl (C=O) groups is 2. The van der Waals surface area contributed by atoms with E-state index in [1.54, 1.807) is 0 Å². The number of aliphatic carboxylic acids is 1. The zero-order valence-electron chi connectivity index (χ0n) is 13.3. The van der Waals surface area contributed by atoms with Crippen molar-refractivity contribution in [3.8, 4) is 0 Å². The smallest absolute Gasteiger partial charge is 0.329 e. The Morgan fingerprint density at radius 3 is 2.70 bits per heavy atom. The van der Waals surface area contributed by atoms with Crippen molar-refractivity contribution in [3.63, 3.8) is 0 Å². The molecule has 1 fully saturated rings. The number of hydrogen-bond donors (Lipinski definition) is 3. The molecule has 0 aliphatic heterocycles. The standard InChI is InChI=1S/C18H22N2O3/c1-12-6-5-7-14-13(11-19-16(12)14)10-15(21)20-18(17(22)23)8-3-2-4-9-18/h5-7,11,19H,2-4,8-10H2,1H3,(H,20,21)(H,22,23). The van der Waals surface area contributed by atoms with Crippen molar-refractivity contribution in [2.45, 2.75) is 51.0 Å². The van der Waals surface area contributed by atoms with Gasteiger partial charge in [-0.25, -0.2) is 4.79 Å². The van der Waals surface area contributed by atoms with E-state index in [1.807, 2.05) is 31.3 Å². The maximum absolute atomic E-state index is 12.4. The maximum atomic E-state index is 12.4. The Hall–Kier alpha value is -2.30. The molecule has 2 aromatic rings. The molecule has 5 nitrogen and oxygen atoms in total. The molecule has 0 spiro atoms. The summed E-state index contributed by atoms with van der Waals surface area (Å²) in [5.74, 6) is -1.14. The number of para-hydroxylation sites is 1. The molecule has 3 rings (SSSR count). The van der Waals surface area contributed by atoms with Gasteiger partial charge in [-0.1, -0.05) is 37.5 Å². The lowest BCUT2D eigenvalue weighted by atomic mass is 9.81. The Bertz CT molecular complexity index is 742. The minimum atomic E-state index is -1.09. The molecule has 122 valence electrons. The summed E-state index contributed by atoms with van der Waals surface area (Å²) in [5, 5.41) is 13.4. The molecule has 0 unspecified atom stereocenters. The second-order valence-corrected chi connectivity index (χ2v) is 6.48. The van der Waals surface area contributed by atoms with Crippen LogP contribution in [0.15, 0.2) is 24.4 Å². The van der Waals surface area contributed by atoms with E-state index >= 15 is 0 Å². The van der Waals surface area contributed by atoms with Gasteiger partial charge in [0.2, 0.25) is 5.91 Å². The van der Waals surface area contributed by atoms with Gasteiger partial charge in [-0.2, -0.15) is 0 Å². The lowest BCUT2D eigenvalue weighted by molar-refractivity contribution is -0.149. The first-order valence-corrected chi connectivity index (χ1v) is 8.12. The summed E-state index contributed by atoms with van der Waals surface area (Å²) < 4.78 is 0. The number of hydrogen-bond acceptors (Lipinski definition) is 2. The number of fused-ring (bicyclic) bond motifs is 1. The van der Waals surface area contributed by atoms with Gasteiger partial charge in [0.05, 0.1) is 6.42 Å². The van der Waals surface area contributed by atoms with Crippen LogP contribution in [0.5, 0.6) is 0 Å². The number of nitrogens with one attached hydrogen (secondary N) is 2. The molecule has 1 aliphatic carbocycles. The van der Waals surface area contributed by atoms with Crippen LogP contribution in [0, 0.1) is 6.92 Å². The van der Waals surface area contributed by atoms with E-state index < -0.39 is 11.5 Å². The van der Waals surface area contributed by atoms with Crippen LogP contribution in [-0.2, 0) is 16.0 Å². The first-order valence-electron chi connectivity index (χ1n) is 8.12. The highest BCUT2D eigenvalue weighted by molar-refractivity contribution is 5.92. The van der Waals surface area contributed by atoms with Crippen molar-refractivity contribution in [3.05, 3.63) is 35.5 Å². The summed E-state index contributed by atoms with van der Waals surface area (Å²) in [7, 11) is 0. The van der Waals surface area contributed by atoms with Crippen LogP contribution in [0.25, 0.3) is 10.9 Å². The Kier molecular flexibility index (Phi) is 4.11. The van der Waals surface area contributed by atoms with Gasteiger partial charge in [-0.05, 0) is 30.9 Å². The van der Waals surface area contributed by atoms with Crippen molar-refractivity contribution in [2.75, 3.05) is 0 Å². The van der Waals surface area contributed by atoms with Gasteiger partial charge in [0.25, 0.3) is 0 Å². The van der Waals surface area contributed by atoms with Gasteiger partial charge >= 0.3 is 5.97 Å². The fraction of sp³-hybridized carbons (Fsp3) is 0.444. The van der Waals surface area contributed by atoms with Crippen molar-refractivity contribution in [2.24, 2.45) is 0 Å². The zero-order valence-corrected chi connectivity index (χ0v) is 13.3. The number of amides is 1. The number of benzene rings is 1. The van der Waals surface area contributed by atoms with Crippen molar-refractivity contribution in [1.82, 2.24) is 10.3 Å². The molecule has 5 heteroatoms. The van der Waals surface area contributed by atoms with Crippen molar-refractivity contribution in [1.29, 1.82) is 0 Å². The average Bonchev–Trinajstić information content (AvgIpc) is 2.92. The largest absolute Gasteiger partial charge is 0.480 e. The first kappa shape index (κ1) is 15.6. The Morgan fingerprint density at radius 2 is 2.00 bits per heavy atom. The summed E-state index contributed by atoms with van der Waals surface area (Å²) in [6.45, 7) is 2.02. The maximum Gasteiger partial charge on any atom is 0.329 e. The number of aromatic amines is 1. The van der Waals surface area contributed by atoms with Crippen LogP contribution in [0.3, 0.4) is 0 Å². The molecule has 1 aromatic heterocycles. The quantitative estimate of drug-likeness (QED) is 0.811.